The minimum atomic E-state index is -1.15. The summed E-state index contributed by atoms with van der Waals surface area (Å²) >= 11 is 0. The van der Waals surface area contributed by atoms with E-state index < -0.39 is 17.5 Å². The number of carbonyl (C=O) groups is 2. The van der Waals surface area contributed by atoms with Gasteiger partial charge in [-0.1, -0.05) is 30.3 Å². The zero-order valence-electron chi connectivity index (χ0n) is 12.4. The van der Waals surface area contributed by atoms with Crippen LogP contribution in [0, 0.1) is 11.3 Å². The number of benzene rings is 1. The van der Waals surface area contributed by atoms with E-state index in [4.69, 9.17) is 0 Å². The van der Waals surface area contributed by atoms with Crippen molar-refractivity contribution in [2.75, 3.05) is 13.1 Å². The lowest BCUT2D eigenvalue weighted by atomic mass is 9.87. The molecule has 3 rings (SSSR count). The monoisotopic (exact) mass is 303 g/mol. The van der Waals surface area contributed by atoms with Crippen molar-refractivity contribution in [1.82, 2.24) is 4.90 Å². The Morgan fingerprint density at radius 1 is 1.14 bits per heavy atom. The summed E-state index contributed by atoms with van der Waals surface area (Å²) in [4.78, 5) is 25.3. The molecule has 1 atom stereocenters. The van der Waals surface area contributed by atoms with Crippen molar-refractivity contribution in [1.29, 1.82) is 0 Å². The van der Waals surface area contributed by atoms with E-state index in [1.165, 1.54) is 0 Å². The number of carboxylic acid groups (broad SMARTS) is 1. The van der Waals surface area contributed by atoms with Gasteiger partial charge in [0.2, 0.25) is 5.91 Å². The fourth-order valence-electron chi connectivity index (χ4n) is 3.29. The summed E-state index contributed by atoms with van der Waals surface area (Å²) in [6, 6.07) is 9.54. The summed E-state index contributed by atoms with van der Waals surface area (Å²) in [5.41, 5.74) is -0.248. The number of aliphatic hydroxyl groups is 1. The number of hydrogen-bond donors (Lipinski definition) is 2. The average Bonchev–Trinajstić information content (AvgIpc) is 3.36. The van der Waals surface area contributed by atoms with Crippen LogP contribution in [-0.4, -0.2) is 40.1 Å². The topological polar surface area (TPSA) is 77.8 Å². The predicted molar refractivity (Wildman–Crippen MR) is 80.0 cm³/mol. The summed E-state index contributed by atoms with van der Waals surface area (Å²) in [7, 11) is 0. The highest BCUT2D eigenvalue weighted by Gasteiger charge is 2.58. The lowest BCUT2D eigenvalue weighted by Crippen LogP contribution is -2.45. The molecule has 5 heteroatoms. The summed E-state index contributed by atoms with van der Waals surface area (Å²) in [6.45, 7) is 1.06. The third kappa shape index (κ3) is 2.61. The molecule has 2 fully saturated rings. The van der Waals surface area contributed by atoms with Gasteiger partial charge in [0.15, 0.2) is 0 Å². The molecule has 1 aliphatic heterocycles. The minimum absolute atomic E-state index is 0.117. The fourth-order valence-corrected chi connectivity index (χ4v) is 3.29. The van der Waals surface area contributed by atoms with E-state index in [1.807, 2.05) is 30.3 Å². The highest BCUT2D eigenvalue weighted by molar-refractivity contribution is 6.04. The highest BCUT2D eigenvalue weighted by Crippen LogP contribution is 2.48. The first kappa shape index (κ1) is 15.0. The van der Waals surface area contributed by atoms with Crippen LogP contribution < -0.4 is 0 Å². The Morgan fingerprint density at radius 3 is 2.23 bits per heavy atom. The summed E-state index contributed by atoms with van der Waals surface area (Å²) in [6.07, 6.45) is 1.80. The Hall–Kier alpha value is -1.88. The Balaban J connectivity index is 1.59. The molecule has 1 aliphatic carbocycles. The molecule has 1 heterocycles. The Kier molecular flexibility index (Phi) is 3.91. The Morgan fingerprint density at radius 2 is 1.73 bits per heavy atom. The van der Waals surface area contributed by atoms with E-state index >= 15 is 0 Å². The number of aliphatic carboxylic acids is 1. The number of carboxylic acids is 1. The van der Waals surface area contributed by atoms with Gasteiger partial charge < -0.3 is 15.1 Å². The molecule has 0 aromatic heterocycles. The van der Waals surface area contributed by atoms with Crippen LogP contribution in [-0.2, 0) is 9.59 Å². The molecule has 22 heavy (non-hydrogen) atoms. The molecule has 1 amide bonds. The summed E-state index contributed by atoms with van der Waals surface area (Å²) < 4.78 is 0. The Bertz CT molecular complexity index is 559. The van der Waals surface area contributed by atoms with Crippen molar-refractivity contribution in [2.24, 2.45) is 11.3 Å². The fraction of sp³-hybridized carbons (Fsp3) is 0.529. The smallest absolute Gasteiger partial charge is 0.319 e. The number of piperidine rings is 1. The maximum absolute atomic E-state index is 12.4. The molecule has 1 unspecified atom stereocenters. The molecule has 2 aliphatic rings. The molecule has 2 N–H and O–H groups in total. The first-order chi connectivity index (χ1) is 10.5. The van der Waals surface area contributed by atoms with E-state index in [2.05, 4.69) is 0 Å². The van der Waals surface area contributed by atoms with Gasteiger partial charge in [0.25, 0.3) is 0 Å². The van der Waals surface area contributed by atoms with Gasteiger partial charge in [0, 0.05) is 13.1 Å². The molecule has 1 saturated heterocycles. The molecule has 0 spiro atoms. The van der Waals surface area contributed by atoms with Gasteiger partial charge in [-0.3, -0.25) is 9.59 Å². The van der Waals surface area contributed by atoms with E-state index in [0.717, 1.165) is 5.56 Å². The van der Waals surface area contributed by atoms with Gasteiger partial charge in [-0.05, 0) is 37.2 Å². The molecule has 1 aromatic rings. The van der Waals surface area contributed by atoms with Crippen molar-refractivity contribution in [3.05, 3.63) is 35.9 Å². The van der Waals surface area contributed by atoms with Crippen molar-refractivity contribution in [2.45, 2.75) is 31.8 Å². The second kappa shape index (κ2) is 5.72. The van der Waals surface area contributed by atoms with Crippen LogP contribution in [0.5, 0.6) is 0 Å². The first-order valence-electron chi connectivity index (χ1n) is 7.80. The molecule has 1 aromatic carbocycles. The molecule has 5 nitrogen and oxygen atoms in total. The lowest BCUT2D eigenvalue weighted by Gasteiger charge is -2.35. The second-order valence-corrected chi connectivity index (χ2v) is 6.37. The van der Waals surface area contributed by atoms with Crippen LogP contribution >= 0.6 is 0 Å². The lowest BCUT2D eigenvalue weighted by molar-refractivity contribution is -0.154. The second-order valence-electron chi connectivity index (χ2n) is 6.37. The molecular weight excluding hydrogens is 282 g/mol. The number of hydrogen-bond acceptors (Lipinski definition) is 3. The first-order valence-corrected chi connectivity index (χ1v) is 7.80. The van der Waals surface area contributed by atoms with Gasteiger partial charge in [-0.2, -0.15) is 0 Å². The predicted octanol–water partition coefficient (Wildman–Crippen LogP) is 1.82. The third-order valence-electron chi connectivity index (χ3n) is 4.98. The van der Waals surface area contributed by atoms with Crippen LogP contribution in [0.4, 0.5) is 0 Å². The number of amides is 1. The van der Waals surface area contributed by atoms with Crippen LogP contribution in [0.15, 0.2) is 30.3 Å². The Labute approximate surface area is 129 Å². The van der Waals surface area contributed by atoms with Crippen molar-refractivity contribution < 1.29 is 19.8 Å². The maximum Gasteiger partial charge on any atom is 0.319 e. The van der Waals surface area contributed by atoms with Gasteiger partial charge in [-0.25, -0.2) is 0 Å². The minimum Gasteiger partial charge on any atom is -0.480 e. The quantitative estimate of drug-likeness (QED) is 0.832. The third-order valence-corrected chi connectivity index (χ3v) is 4.98. The molecular formula is C17H21NO4. The summed E-state index contributed by atoms with van der Waals surface area (Å²) in [5.74, 6) is -1.12. The summed E-state index contributed by atoms with van der Waals surface area (Å²) in [5, 5.41) is 19.6. The van der Waals surface area contributed by atoms with Crippen LogP contribution in [0.3, 0.4) is 0 Å². The van der Waals surface area contributed by atoms with E-state index in [9.17, 15) is 19.8 Å². The van der Waals surface area contributed by atoms with Gasteiger partial charge in [0.05, 0.1) is 6.10 Å². The molecule has 118 valence electrons. The maximum atomic E-state index is 12.4. The van der Waals surface area contributed by atoms with Crippen LogP contribution in [0.25, 0.3) is 0 Å². The van der Waals surface area contributed by atoms with Gasteiger partial charge in [0.1, 0.15) is 5.41 Å². The number of likely N-dealkylation sites (tertiary alicyclic amines) is 1. The normalized spacial score (nSPS) is 22.1. The number of aliphatic hydroxyl groups excluding tert-OH is 1. The number of carbonyl (C=O) groups excluding carboxylic acids is 1. The zero-order chi connectivity index (χ0) is 15.7. The van der Waals surface area contributed by atoms with Crippen molar-refractivity contribution >= 4 is 11.9 Å². The zero-order valence-corrected chi connectivity index (χ0v) is 12.4. The van der Waals surface area contributed by atoms with Crippen molar-refractivity contribution in [3.63, 3.8) is 0 Å². The van der Waals surface area contributed by atoms with Crippen molar-refractivity contribution in [3.8, 4) is 0 Å². The van der Waals surface area contributed by atoms with E-state index in [-0.39, 0.29) is 11.8 Å². The van der Waals surface area contributed by atoms with Crippen LogP contribution in [0.2, 0.25) is 0 Å². The standard InChI is InChI=1S/C17H21NO4/c19-14(12-4-2-1-3-5-12)13-6-10-18(11-7-13)15(20)17(8-9-17)16(21)22/h1-5,13-14,19H,6-11H2,(H,21,22). The number of nitrogens with zero attached hydrogens (tertiary/aromatic N) is 1. The van der Waals surface area contributed by atoms with Crippen LogP contribution in [0.1, 0.15) is 37.4 Å². The van der Waals surface area contributed by atoms with E-state index in [1.54, 1.807) is 4.90 Å². The molecule has 0 radical (unpaired) electrons. The largest absolute Gasteiger partial charge is 0.480 e. The SMILES string of the molecule is O=C(O)C1(C(=O)N2CCC(C(O)c3ccccc3)CC2)CC1. The molecule has 1 saturated carbocycles. The number of rotatable bonds is 4. The van der Waals surface area contributed by atoms with Gasteiger partial charge in [-0.15, -0.1) is 0 Å². The highest BCUT2D eigenvalue weighted by atomic mass is 16.4. The van der Waals surface area contributed by atoms with E-state index in [0.29, 0.717) is 38.8 Å². The molecule has 0 bridgehead atoms. The average molecular weight is 303 g/mol. The van der Waals surface area contributed by atoms with Gasteiger partial charge >= 0.3 is 5.97 Å².